The molecule has 118 valence electrons. The highest BCUT2D eigenvalue weighted by Crippen LogP contribution is 2.50. The van der Waals surface area contributed by atoms with Crippen LogP contribution in [0, 0.1) is 0 Å². The molecular weight excluding hydrogens is 291 g/mol. The molecule has 0 aromatic heterocycles. The van der Waals surface area contributed by atoms with Gasteiger partial charge in [-0.05, 0) is 37.8 Å². The summed E-state index contributed by atoms with van der Waals surface area (Å²) in [4.78, 5) is 14.5. The fourth-order valence-corrected chi connectivity index (χ4v) is 3.00. The number of rotatable bonds is 2. The number of halogens is 3. The summed E-state index contributed by atoms with van der Waals surface area (Å²) in [5.41, 5.74) is 0.338. The zero-order valence-electron chi connectivity index (χ0n) is 12.4. The Balaban J connectivity index is 1.86. The van der Waals surface area contributed by atoms with Gasteiger partial charge >= 0.3 is 6.18 Å². The molecule has 22 heavy (non-hydrogen) atoms. The maximum absolute atomic E-state index is 12.9. The summed E-state index contributed by atoms with van der Waals surface area (Å²) in [6.07, 6.45) is -0.257. The molecule has 1 aliphatic carbocycles. The minimum absolute atomic E-state index is 0.0319. The van der Waals surface area contributed by atoms with E-state index in [4.69, 9.17) is 0 Å². The van der Waals surface area contributed by atoms with E-state index in [-0.39, 0.29) is 5.91 Å². The molecule has 1 aromatic rings. The summed E-state index contributed by atoms with van der Waals surface area (Å²) in [5, 5.41) is 0. The first-order chi connectivity index (χ1) is 10.3. The molecule has 1 heterocycles. The fourth-order valence-electron chi connectivity index (χ4n) is 3.00. The predicted molar refractivity (Wildman–Crippen MR) is 77.3 cm³/mol. The molecule has 5 heteroatoms. The molecule has 1 saturated carbocycles. The van der Waals surface area contributed by atoms with Gasteiger partial charge in [0.2, 0.25) is 5.91 Å². The van der Waals surface area contributed by atoms with E-state index in [2.05, 4.69) is 0 Å². The molecule has 0 N–H and O–H groups in total. The summed E-state index contributed by atoms with van der Waals surface area (Å²) in [7, 11) is 0. The molecule has 0 spiro atoms. The van der Waals surface area contributed by atoms with Gasteiger partial charge in [0.25, 0.3) is 0 Å². The molecule has 0 radical (unpaired) electrons. The van der Waals surface area contributed by atoms with Crippen molar-refractivity contribution in [2.75, 3.05) is 13.1 Å². The zero-order valence-corrected chi connectivity index (χ0v) is 12.4. The van der Waals surface area contributed by atoms with E-state index in [1.165, 1.54) is 11.6 Å². The molecule has 1 aliphatic heterocycles. The van der Waals surface area contributed by atoms with Crippen LogP contribution in [-0.4, -0.2) is 23.9 Å². The standard InChI is InChI=1S/C17H18F3NO/c1-12-5-9-21(10-6-12)15(22)16(7-8-16)13-3-2-4-14(11-13)17(18,19)20/h2-5,11H,6-10H2,1H3. The van der Waals surface area contributed by atoms with Gasteiger partial charge < -0.3 is 4.90 Å². The van der Waals surface area contributed by atoms with Gasteiger partial charge in [-0.1, -0.05) is 29.8 Å². The van der Waals surface area contributed by atoms with Crippen LogP contribution in [0.1, 0.15) is 37.3 Å². The Bertz CT molecular complexity index is 629. The minimum atomic E-state index is -4.37. The fraction of sp³-hybridized carbons (Fsp3) is 0.471. The minimum Gasteiger partial charge on any atom is -0.338 e. The Morgan fingerprint density at radius 3 is 2.55 bits per heavy atom. The number of carbonyl (C=O) groups excluding carboxylic acids is 1. The molecule has 0 atom stereocenters. The normalized spacial score (nSPS) is 20.5. The van der Waals surface area contributed by atoms with Crippen LogP contribution >= 0.6 is 0 Å². The smallest absolute Gasteiger partial charge is 0.338 e. The number of alkyl halides is 3. The van der Waals surface area contributed by atoms with Crippen molar-refractivity contribution >= 4 is 5.91 Å². The number of nitrogens with zero attached hydrogens (tertiary/aromatic N) is 1. The highest BCUT2D eigenvalue weighted by atomic mass is 19.4. The second-order valence-corrected chi connectivity index (χ2v) is 6.21. The van der Waals surface area contributed by atoms with Crippen LogP contribution < -0.4 is 0 Å². The van der Waals surface area contributed by atoms with E-state index >= 15 is 0 Å². The van der Waals surface area contributed by atoms with E-state index in [1.54, 1.807) is 11.0 Å². The molecule has 2 nitrogen and oxygen atoms in total. The van der Waals surface area contributed by atoms with E-state index in [9.17, 15) is 18.0 Å². The summed E-state index contributed by atoms with van der Waals surface area (Å²) < 4.78 is 38.6. The van der Waals surface area contributed by atoms with Crippen LogP contribution in [0.3, 0.4) is 0 Å². The lowest BCUT2D eigenvalue weighted by atomic mass is 9.92. The molecule has 1 fully saturated rings. The first kappa shape index (κ1) is 15.1. The Labute approximate surface area is 127 Å². The molecule has 0 saturated heterocycles. The molecule has 0 bridgehead atoms. The summed E-state index contributed by atoms with van der Waals surface area (Å²) >= 11 is 0. The third-order valence-electron chi connectivity index (χ3n) is 4.63. The van der Waals surface area contributed by atoms with Crippen LogP contribution in [0.2, 0.25) is 0 Å². The highest BCUT2D eigenvalue weighted by molar-refractivity contribution is 5.91. The number of benzene rings is 1. The lowest BCUT2D eigenvalue weighted by Crippen LogP contribution is -2.41. The van der Waals surface area contributed by atoms with Crippen molar-refractivity contribution < 1.29 is 18.0 Å². The van der Waals surface area contributed by atoms with Crippen LogP contribution in [0.5, 0.6) is 0 Å². The Kier molecular flexibility index (Phi) is 3.54. The van der Waals surface area contributed by atoms with E-state index < -0.39 is 17.2 Å². The van der Waals surface area contributed by atoms with Gasteiger partial charge in [-0.25, -0.2) is 0 Å². The second-order valence-electron chi connectivity index (χ2n) is 6.21. The number of amides is 1. The number of carbonyl (C=O) groups is 1. The average molecular weight is 309 g/mol. The van der Waals surface area contributed by atoms with Gasteiger partial charge in [-0.3, -0.25) is 4.79 Å². The topological polar surface area (TPSA) is 20.3 Å². The molecule has 1 aromatic carbocycles. The Morgan fingerprint density at radius 1 is 1.27 bits per heavy atom. The second kappa shape index (κ2) is 5.14. The van der Waals surface area contributed by atoms with Crippen molar-refractivity contribution in [2.24, 2.45) is 0 Å². The van der Waals surface area contributed by atoms with Crippen LogP contribution in [0.25, 0.3) is 0 Å². The monoisotopic (exact) mass is 309 g/mol. The van der Waals surface area contributed by atoms with Gasteiger partial charge in [0.1, 0.15) is 0 Å². The average Bonchev–Trinajstić information content (AvgIpc) is 3.28. The number of hydrogen-bond donors (Lipinski definition) is 0. The SMILES string of the molecule is CC1=CCN(C(=O)C2(c3cccc(C(F)(F)F)c3)CC2)CC1. The lowest BCUT2D eigenvalue weighted by molar-refractivity contribution is -0.138. The van der Waals surface area contributed by atoms with Gasteiger partial charge in [0, 0.05) is 13.1 Å². The van der Waals surface area contributed by atoms with Crippen LogP contribution in [0.4, 0.5) is 13.2 Å². The maximum atomic E-state index is 12.9. The van der Waals surface area contributed by atoms with Crippen molar-refractivity contribution in [3.05, 3.63) is 47.0 Å². The molecule has 2 aliphatic rings. The largest absolute Gasteiger partial charge is 0.416 e. The predicted octanol–water partition coefficient (Wildman–Crippen LogP) is 3.92. The van der Waals surface area contributed by atoms with Gasteiger partial charge in [-0.2, -0.15) is 13.2 Å². The molecule has 3 rings (SSSR count). The molecular formula is C17H18F3NO. The summed E-state index contributed by atoms with van der Waals surface area (Å²) in [6.45, 7) is 3.24. The van der Waals surface area contributed by atoms with Crippen LogP contribution in [0.15, 0.2) is 35.9 Å². The first-order valence-electron chi connectivity index (χ1n) is 7.46. The quantitative estimate of drug-likeness (QED) is 0.758. The summed E-state index contributed by atoms with van der Waals surface area (Å²) in [5.74, 6) is -0.0319. The van der Waals surface area contributed by atoms with Crippen molar-refractivity contribution in [3.63, 3.8) is 0 Å². The number of hydrogen-bond acceptors (Lipinski definition) is 1. The molecule has 0 unspecified atom stereocenters. The van der Waals surface area contributed by atoms with Gasteiger partial charge in [0.15, 0.2) is 0 Å². The maximum Gasteiger partial charge on any atom is 0.416 e. The molecule has 1 amide bonds. The van der Waals surface area contributed by atoms with Crippen molar-refractivity contribution in [1.82, 2.24) is 4.90 Å². The third-order valence-corrected chi connectivity index (χ3v) is 4.63. The van der Waals surface area contributed by atoms with Crippen molar-refractivity contribution in [1.29, 1.82) is 0 Å². The highest BCUT2D eigenvalue weighted by Gasteiger charge is 2.53. The zero-order chi connectivity index (χ0) is 16.0. The van der Waals surface area contributed by atoms with Crippen molar-refractivity contribution in [3.8, 4) is 0 Å². The van der Waals surface area contributed by atoms with Crippen LogP contribution in [-0.2, 0) is 16.4 Å². The lowest BCUT2D eigenvalue weighted by Gasteiger charge is -2.30. The van der Waals surface area contributed by atoms with E-state index in [0.717, 1.165) is 18.6 Å². The Hall–Kier alpha value is -1.78. The van der Waals surface area contributed by atoms with Crippen molar-refractivity contribution in [2.45, 2.75) is 37.8 Å². The third kappa shape index (κ3) is 2.64. The van der Waals surface area contributed by atoms with Gasteiger partial charge in [-0.15, -0.1) is 0 Å². The summed E-state index contributed by atoms with van der Waals surface area (Å²) in [6, 6.07) is 5.23. The Morgan fingerprint density at radius 2 is 2.00 bits per heavy atom. The van der Waals surface area contributed by atoms with Gasteiger partial charge in [0.05, 0.1) is 11.0 Å². The van der Waals surface area contributed by atoms with E-state index in [0.29, 0.717) is 31.5 Å². The van der Waals surface area contributed by atoms with E-state index in [1.807, 2.05) is 13.0 Å². The first-order valence-corrected chi connectivity index (χ1v) is 7.46.